The summed E-state index contributed by atoms with van der Waals surface area (Å²) in [5.41, 5.74) is 0.874. The molecule has 0 unspecified atom stereocenters. The average Bonchev–Trinajstić information content (AvgIpc) is 3.09. The lowest BCUT2D eigenvalue weighted by atomic mass is 9.86. The Labute approximate surface area is 137 Å². The number of primary sulfonamides is 1. The van der Waals surface area contributed by atoms with E-state index >= 15 is 0 Å². The first kappa shape index (κ1) is 16.5. The Balaban J connectivity index is 1.56. The first-order chi connectivity index (χ1) is 10.8. The van der Waals surface area contributed by atoms with E-state index in [1.54, 1.807) is 12.1 Å². The highest BCUT2D eigenvalue weighted by Gasteiger charge is 2.40. The number of fused-ring (bicyclic) bond motifs is 2. The molecule has 0 aromatic heterocycles. The Morgan fingerprint density at radius 2 is 1.96 bits per heavy atom. The molecule has 1 amide bonds. The van der Waals surface area contributed by atoms with Crippen molar-refractivity contribution in [1.29, 1.82) is 0 Å². The molecule has 2 aliphatic carbocycles. The van der Waals surface area contributed by atoms with E-state index in [9.17, 15) is 13.2 Å². The van der Waals surface area contributed by atoms with Gasteiger partial charge in [0.25, 0.3) is 0 Å². The van der Waals surface area contributed by atoms with Crippen LogP contribution in [0.1, 0.15) is 50.6 Å². The van der Waals surface area contributed by atoms with Crippen LogP contribution in [0, 0.1) is 17.8 Å². The number of rotatable bonds is 5. The van der Waals surface area contributed by atoms with E-state index in [1.165, 1.54) is 37.8 Å². The molecule has 2 saturated carbocycles. The molecule has 1 aromatic carbocycles. The molecule has 0 aliphatic heterocycles. The van der Waals surface area contributed by atoms with Crippen LogP contribution in [-0.2, 0) is 14.8 Å². The van der Waals surface area contributed by atoms with Crippen LogP contribution in [0.2, 0.25) is 0 Å². The minimum Gasteiger partial charge on any atom is -0.350 e. The summed E-state index contributed by atoms with van der Waals surface area (Å²) in [7, 11) is -3.68. The van der Waals surface area contributed by atoms with E-state index < -0.39 is 10.0 Å². The van der Waals surface area contributed by atoms with Crippen molar-refractivity contribution in [1.82, 2.24) is 5.32 Å². The number of carbonyl (C=O) groups is 1. The second-order valence-electron chi connectivity index (χ2n) is 7.04. The smallest absolute Gasteiger partial charge is 0.238 e. The van der Waals surface area contributed by atoms with E-state index in [1.807, 2.05) is 6.92 Å². The van der Waals surface area contributed by atoms with Crippen molar-refractivity contribution in [2.75, 3.05) is 0 Å². The van der Waals surface area contributed by atoms with Crippen LogP contribution in [-0.4, -0.2) is 14.3 Å². The number of hydrogen-bond donors (Lipinski definition) is 2. The molecule has 0 saturated heterocycles. The zero-order valence-electron chi connectivity index (χ0n) is 13.4. The van der Waals surface area contributed by atoms with Gasteiger partial charge in [-0.1, -0.05) is 18.6 Å². The van der Waals surface area contributed by atoms with E-state index in [0.29, 0.717) is 12.3 Å². The number of nitrogens with one attached hydrogen (secondary N) is 1. The molecule has 2 aliphatic rings. The van der Waals surface area contributed by atoms with Gasteiger partial charge < -0.3 is 5.32 Å². The van der Waals surface area contributed by atoms with Crippen molar-refractivity contribution in [2.24, 2.45) is 22.9 Å². The largest absolute Gasteiger partial charge is 0.350 e. The Morgan fingerprint density at radius 1 is 1.26 bits per heavy atom. The van der Waals surface area contributed by atoms with Crippen LogP contribution in [0.3, 0.4) is 0 Å². The van der Waals surface area contributed by atoms with Gasteiger partial charge in [-0.3, -0.25) is 4.79 Å². The van der Waals surface area contributed by atoms with Gasteiger partial charge in [0.2, 0.25) is 15.9 Å². The fraction of sp³-hybridized carbons (Fsp3) is 0.588. The minimum atomic E-state index is -3.68. The summed E-state index contributed by atoms with van der Waals surface area (Å²) in [5.74, 6) is 2.23. The molecule has 23 heavy (non-hydrogen) atoms. The molecule has 2 fully saturated rings. The van der Waals surface area contributed by atoms with Crippen molar-refractivity contribution < 1.29 is 13.2 Å². The molecule has 0 heterocycles. The summed E-state index contributed by atoms with van der Waals surface area (Å²) in [6, 6.07) is 6.20. The van der Waals surface area contributed by atoms with Crippen LogP contribution in [0.25, 0.3) is 0 Å². The zero-order valence-corrected chi connectivity index (χ0v) is 14.2. The van der Waals surface area contributed by atoms with E-state index in [0.717, 1.165) is 17.4 Å². The molecule has 3 N–H and O–H groups in total. The predicted octanol–water partition coefficient (Wildman–Crippen LogP) is 2.34. The summed E-state index contributed by atoms with van der Waals surface area (Å²) in [6.45, 7) is 1.91. The summed E-state index contributed by atoms with van der Waals surface area (Å²) in [5, 5.41) is 8.11. The van der Waals surface area contributed by atoms with Crippen molar-refractivity contribution in [3.8, 4) is 0 Å². The van der Waals surface area contributed by atoms with Crippen molar-refractivity contribution >= 4 is 15.9 Å². The van der Waals surface area contributed by atoms with Crippen molar-refractivity contribution in [3.63, 3.8) is 0 Å². The van der Waals surface area contributed by atoms with Gasteiger partial charge in [-0.2, -0.15) is 0 Å². The van der Waals surface area contributed by atoms with Gasteiger partial charge in [-0.15, -0.1) is 0 Å². The van der Waals surface area contributed by atoms with Gasteiger partial charge in [0.05, 0.1) is 10.9 Å². The predicted molar refractivity (Wildman–Crippen MR) is 87.9 cm³/mol. The van der Waals surface area contributed by atoms with Crippen molar-refractivity contribution in [2.45, 2.75) is 50.0 Å². The van der Waals surface area contributed by atoms with Crippen LogP contribution in [0.5, 0.6) is 0 Å². The van der Waals surface area contributed by atoms with Crippen LogP contribution in [0.4, 0.5) is 0 Å². The Kier molecular flexibility index (Phi) is 4.47. The number of hydrogen-bond acceptors (Lipinski definition) is 3. The Bertz CT molecular complexity index is 684. The lowest BCUT2D eigenvalue weighted by molar-refractivity contribution is -0.123. The highest BCUT2D eigenvalue weighted by atomic mass is 32.2. The minimum absolute atomic E-state index is 0.0850. The maximum Gasteiger partial charge on any atom is 0.238 e. The third-order valence-corrected chi connectivity index (χ3v) is 6.35. The highest BCUT2D eigenvalue weighted by molar-refractivity contribution is 7.89. The molecule has 6 heteroatoms. The Hall–Kier alpha value is -1.40. The number of carbonyl (C=O) groups excluding carboxylic acids is 1. The van der Waals surface area contributed by atoms with Crippen LogP contribution in [0.15, 0.2) is 29.2 Å². The van der Waals surface area contributed by atoms with Gasteiger partial charge in [0, 0.05) is 6.42 Å². The number of amides is 1. The molecule has 5 nitrogen and oxygen atoms in total. The number of benzene rings is 1. The van der Waals surface area contributed by atoms with Gasteiger partial charge in [-0.25, -0.2) is 13.6 Å². The Morgan fingerprint density at radius 3 is 2.48 bits per heavy atom. The van der Waals surface area contributed by atoms with Gasteiger partial charge in [0.1, 0.15) is 0 Å². The molecule has 126 valence electrons. The SMILES string of the molecule is C[C@@H](NC(=O)C[C@H]1C[C@H]2CC[C@H]1C2)c1ccc(S(N)(=O)=O)cc1. The lowest BCUT2D eigenvalue weighted by Crippen LogP contribution is -2.29. The maximum absolute atomic E-state index is 12.3. The standard InChI is InChI=1S/C17H24N2O3S/c1-11(13-4-6-16(7-5-13)23(18,21)22)19-17(20)10-15-9-12-2-3-14(15)8-12/h4-7,11-12,14-15H,2-3,8-10H2,1H3,(H,19,20)(H2,18,21,22)/t11-,12+,14+,15-/m1/s1. The fourth-order valence-electron chi connectivity index (χ4n) is 4.19. The van der Waals surface area contributed by atoms with E-state index in [-0.39, 0.29) is 16.8 Å². The molecular weight excluding hydrogens is 312 g/mol. The average molecular weight is 336 g/mol. The molecule has 1 aromatic rings. The second kappa shape index (κ2) is 6.24. The van der Waals surface area contributed by atoms with Gasteiger partial charge >= 0.3 is 0 Å². The van der Waals surface area contributed by atoms with E-state index in [4.69, 9.17) is 5.14 Å². The first-order valence-corrected chi connectivity index (χ1v) is 9.79. The molecule has 0 radical (unpaired) electrons. The second-order valence-corrected chi connectivity index (χ2v) is 8.60. The van der Waals surface area contributed by atoms with Crippen molar-refractivity contribution in [3.05, 3.63) is 29.8 Å². The fourth-order valence-corrected chi connectivity index (χ4v) is 4.71. The summed E-state index contributed by atoms with van der Waals surface area (Å²) < 4.78 is 22.5. The van der Waals surface area contributed by atoms with Crippen LogP contribution >= 0.6 is 0 Å². The molecule has 2 bridgehead atoms. The van der Waals surface area contributed by atoms with Gasteiger partial charge in [0.15, 0.2) is 0 Å². The molecular formula is C17H24N2O3S. The summed E-state index contributed by atoms with van der Waals surface area (Å²) in [6.07, 6.45) is 5.75. The maximum atomic E-state index is 12.3. The summed E-state index contributed by atoms with van der Waals surface area (Å²) >= 11 is 0. The number of sulfonamides is 1. The van der Waals surface area contributed by atoms with E-state index in [2.05, 4.69) is 5.32 Å². The highest BCUT2D eigenvalue weighted by Crippen LogP contribution is 2.49. The van der Waals surface area contributed by atoms with Crippen LogP contribution < -0.4 is 10.5 Å². The molecule has 3 rings (SSSR count). The molecule has 4 atom stereocenters. The third kappa shape index (κ3) is 3.75. The normalized spacial score (nSPS) is 27.8. The first-order valence-electron chi connectivity index (χ1n) is 8.25. The topological polar surface area (TPSA) is 89.3 Å². The zero-order chi connectivity index (χ0) is 16.6. The number of nitrogens with two attached hydrogens (primary N) is 1. The molecule has 0 spiro atoms. The monoisotopic (exact) mass is 336 g/mol. The quantitative estimate of drug-likeness (QED) is 0.865. The summed E-state index contributed by atoms with van der Waals surface area (Å²) in [4.78, 5) is 12.3. The van der Waals surface area contributed by atoms with Gasteiger partial charge in [-0.05, 0) is 61.6 Å². The lowest BCUT2D eigenvalue weighted by Gasteiger charge is -2.22. The third-order valence-electron chi connectivity index (χ3n) is 5.42.